The minimum Gasteiger partial charge on any atom is -0.495 e. The van der Waals surface area contributed by atoms with Crippen LogP contribution in [-0.2, 0) is 4.74 Å². The highest BCUT2D eigenvalue weighted by Crippen LogP contribution is 2.28. The van der Waals surface area contributed by atoms with Gasteiger partial charge < -0.3 is 19.7 Å². The molecule has 0 spiro atoms. The molecule has 0 aromatic heterocycles. The van der Waals surface area contributed by atoms with Crippen LogP contribution in [0.5, 0.6) is 5.75 Å². The topological polar surface area (TPSA) is 33.7 Å². The van der Waals surface area contributed by atoms with E-state index in [0.717, 1.165) is 37.6 Å². The Kier molecular flexibility index (Phi) is 5.05. The van der Waals surface area contributed by atoms with Crippen LogP contribution in [-0.4, -0.2) is 46.0 Å². The quantitative estimate of drug-likeness (QED) is 0.880. The average molecular weight is 264 g/mol. The van der Waals surface area contributed by atoms with Crippen LogP contribution in [0, 0.1) is 0 Å². The third kappa shape index (κ3) is 3.61. The summed E-state index contributed by atoms with van der Waals surface area (Å²) in [6.07, 6.45) is 1.06. The van der Waals surface area contributed by atoms with E-state index >= 15 is 0 Å². The molecule has 0 radical (unpaired) electrons. The van der Waals surface area contributed by atoms with Crippen molar-refractivity contribution in [1.29, 1.82) is 0 Å². The van der Waals surface area contributed by atoms with Crippen molar-refractivity contribution in [3.63, 3.8) is 0 Å². The van der Waals surface area contributed by atoms with Crippen LogP contribution in [0.15, 0.2) is 24.3 Å². The summed E-state index contributed by atoms with van der Waals surface area (Å²) in [5.41, 5.74) is 1.13. The first kappa shape index (κ1) is 14.2. The Labute approximate surface area is 115 Å². The van der Waals surface area contributed by atoms with E-state index in [1.54, 1.807) is 7.11 Å². The molecule has 1 aromatic rings. The van der Waals surface area contributed by atoms with Gasteiger partial charge in [-0.1, -0.05) is 12.1 Å². The zero-order valence-electron chi connectivity index (χ0n) is 12.1. The fourth-order valence-corrected chi connectivity index (χ4v) is 2.50. The van der Waals surface area contributed by atoms with E-state index in [2.05, 4.69) is 30.3 Å². The summed E-state index contributed by atoms with van der Waals surface area (Å²) in [5.74, 6) is 0.921. The van der Waals surface area contributed by atoms with E-state index in [-0.39, 0.29) is 0 Å². The minimum absolute atomic E-state index is 0.426. The molecule has 0 bridgehead atoms. The van der Waals surface area contributed by atoms with Crippen molar-refractivity contribution in [3.05, 3.63) is 24.3 Å². The molecule has 0 amide bonds. The smallest absolute Gasteiger partial charge is 0.142 e. The molecule has 1 aliphatic rings. The molecule has 1 saturated heterocycles. The van der Waals surface area contributed by atoms with Crippen molar-refractivity contribution in [2.75, 3.05) is 38.8 Å². The highest BCUT2D eigenvalue weighted by molar-refractivity contribution is 5.58. The average Bonchev–Trinajstić information content (AvgIpc) is 2.47. The lowest BCUT2D eigenvalue weighted by Gasteiger charge is -2.33. The largest absolute Gasteiger partial charge is 0.495 e. The lowest BCUT2D eigenvalue weighted by atomic mass is 10.1. The van der Waals surface area contributed by atoms with Gasteiger partial charge in [-0.2, -0.15) is 0 Å². The number of hydrogen-bond acceptors (Lipinski definition) is 4. The van der Waals surface area contributed by atoms with Crippen molar-refractivity contribution in [2.24, 2.45) is 0 Å². The molecule has 1 aromatic carbocycles. The first-order chi connectivity index (χ1) is 9.22. The van der Waals surface area contributed by atoms with E-state index in [1.165, 1.54) is 0 Å². The molecule has 1 heterocycles. The van der Waals surface area contributed by atoms with Gasteiger partial charge in [0.05, 0.1) is 26.0 Å². The second kappa shape index (κ2) is 6.78. The summed E-state index contributed by atoms with van der Waals surface area (Å²) in [4.78, 5) is 2.27. The van der Waals surface area contributed by atoms with Crippen LogP contribution in [0.3, 0.4) is 0 Å². The van der Waals surface area contributed by atoms with Gasteiger partial charge in [-0.3, -0.25) is 0 Å². The summed E-state index contributed by atoms with van der Waals surface area (Å²) in [6.45, 7) is 4.83. The zero-order valence-corrected chi connectivity index (χ0v) is 12.1. The van der Waals surface area contributed by atoms with Gasteiger partial charge in [0, 0.05) is 25.7 Å². The number of ether oxygens (including phenoxy) is 2. The normalized spacial score (nSPS) is 20.9. The van der Waals surface area contributed by atoms with Crippen LogP contribution in [0.4, 0.5) is 5.69 Å². The Hall–Kier alpha value is -1.26. The van der Waals surface area contributed by atoms with Crippen molar-refractivity contribution in [3.8, 4) is 5.75 Å². The highest BCUT2D eigenvalue weighted by atomic mass is 16.5. The van der Waals surface area contributed by atoms with Gasteiger partial charge in [0.15, 0.2) is 0 Å². The van der Waals surface area contributed by atoms with Crippen LogP contribution in [0.1, 0.15) is 13.3 Å². The number of para-hydroxylation sites is 2. The second-order valence-electron chi connectivity index (χ2n) is 5.09. The van der Waals surface area contributed by atoms with Gasteiger partial charge in [0.25, 0.3) is 0 Å². The maximum Gasteiger partial charge on any atom is 0.142 e. The van der Waals surface area contributed by atoms with Crippen molar-refractivity contribution in [1.82, 2.24) is 5.32 Å². The first-order valence-corrected chi connectivity index (χ1v) is 6.89. The fraction of sp³-hybridized carbons (Fsp3) is 0.600. The Morgan fingerprint density at radius 3 is 2.95 bits per heavy atom. The number of nitrogens with one attached hydrogen (secondary N) is 1. The molecule has 4 heteroatoms. The van der Waals surface area contributed by atoms with E-state index in [9.17, 15) is 0 Å². The SMILES string of the molecule is COc1ccccc1N(C)C(C)CC1COCCN1. The summed E-state index contributed by atoms with van der Waals surface area (Å²) in [7, 11) is 3.83. The van der Waals surface area contributed by atoms with E-state index in [4.69, 9.17) is 9.47 Å². The summed E-state index contributed by atoms with van der Waals surface area (Å²) in [6, 6.07) is 9.01. The predicted molar refractivity (Wildman–Crippen MR) is 78.1 cm³/mol. The van der Waals surface area contributed by atoms with Gasteiger partial charge in [-0.05, 0) is 25.5 Å². The molecule has 2 atom stereocenters. The third-order valence-corrected chi connectivity index (χ3v) is 3.75. The molecule has 1 aliphatic heterocycles. The molecular weight excluding hydrogens is 240 g/mol. The van der Waals surface area contributed by atoms with Gasteiger partial charge in [0.1, 0.15) is 5.75 Å². The van der Waals surface area contributed by atoms with Gasteiger partial charge in [-0.15, -0.1) is 0 Å². The fourth-order valence-electron chi connectivity index (χ4n) is 2.50. The number of methoxy groups -OCH3 is 1. The highest BCUT2D eigenvalue weighted by Gasteiger charge is 2.20. The molecule has 19 heavy (non-hydrogen) atoms. The summed E-state index contributed by atoms with van der Waals surface area (Å²) < 4.78 is 10.9. The molecular formula is C15H24N2O2. The second-order valence-corrected chi connectivity index (χ2v) is 5.09. The summed E-state index contributed by atoms with van der Waals surface area (Å²) in [5, 5.41) is 3.50. The molecule has 1 N–H and O–H groups in total. The maximum atomic E-state index is 5.51. The maximum absolute atomic E-state index is 5.51. The number of nitrogens with zero attached hydrogens (tertiary/aromatic N) is 1. The predicted octanol–water partition coefficient (Wildman–Crippen LogP) is 1.90. The van der Waals surface area contributed by atoms with E-state index < -0.39 is 0 Å². The van der Waals surface area contributed by atoms with Crippen molar-refractivity contribution < 1.29 is 9.47 Å². The molecule has 0 saturated carbocycles. The van der Waals surface area contributed by atoms with Gasteiger partial charge in [0.2, 0.25) is 0 Å². The number of benzene rings is 1. The Morgan fingerprint density at radius 2 is 2.26 bits per heavy atom. The molecule has 1 fully saturated rings. The lowest BCUT2D eigenvalue weighted by Crippen LogP contribution is -2.45. The number of hydrogen-bond donors (Lipinski definition) is 1. The third-order valence-electron chi connectivity index (χ3n) is 3.75. The Balaban J connectivity index is 1.99. The van der Waals surface area contributed by atoms with E-state index in [0.29, 0.717) is 12.1 Å². The van der Waals surface area contributed by atoms with Crippen LogP contribution >= 0.6 is 0 Å². The van der Waals surface area contributed by atoms with Crippen LogP contribution in [0.25, 0.3) is 0 Å². The standard InChI is InChI=1S/C15H24N2O2/c1-12(10-13-11-19-9-8-16-13)17(2)14-6-4-5-7-15(14)18-3/h4-7,12-13,16H,8-11H2,1-3H3. The number of anilines is 1. The van der Waals surface area contributed by atoms with Gasteiger partial charge in [-0.25, -0.2) is 0 Å². The van der Waals surface area contributed by atoms with Crippen molar-refractivity contribution in [2.45, 2.75) is 25.4 Å². The van der Waals surface area contributed by atoms with Crippen molar-refractivity contribution >= 4 is 5.69 Å². The number of rotatable bonds is 5. The first-order valence-electron chi connectivity index (χ1n) is 6.89. The molecule has 106 valence electrons. The number of morpholine rings is 1. The molecule has 2 rings (SSSR count). The zero-order chi connectivity index (χ0) is 13.7. The monoisotopic (exact) mass is 264 g/mol. The summed E-state index contributed by atoms with van der Waals surface area (Å²) >= 11 is 0. The minimum atomic E-state index is 0.426. The Bertz CT molecular complexity index is 391. The van der Waals surface area contributed by atoms with E-state index in [1.807, 2.05) is 18.2 Å². The van der Waals surface area contributed by atoms with Crippen LogP contribution in [0.2, 0.25) is 0 Å². The Morgan fingerprint density at radius 1 is 1.47 bits per heavy atom. The molecule has 2 unspecified atom stereocenters. The van der Waals surface area contributed by atoms with Crippen LogP contribution < -0.4 is 15.0 Å². The van der Waals surface area contributed by atoms with Gasteiger partial charge >= 0.3 is 0 Å². The molecule has 4 nitrogen and oxygen atoms in total. The lowest BCUT2D eigenvalue weighted by molar-refractivity contribution is 0.0724. The molecule has 0 aliphatic carbocycles.